The summed E-state index contributed by atoms with van der Waals surface area (Å²) in [6, 6.07) is 8.95. The van der Waals surface area contributed by atoms with Crippen molar-refractivity contribution >= 4 is 17.6 Å². The number of halogens is 2. The van der Waals surface area contributed by atoms with Gasteiger partial charge in [0.15, 0.2) is 0 Å². The molecule has 0 aromatic heterocycles. The van der Waals surface area contributed by atoms with E-state index in [1.807, 2.05) is 6.07 Å². The molecule has 0 unspecified atom stereocenters. The lowest BCUT2D eigenvalue weighted by molar-refractivity contribution is 0.0697. The molecule has 0 aliphatic rings. The number of carboxylic acids is 1. The van der Waals surface area contributed by atoms with Gasteiger partial charge in [0.25, 0.3) is 0 Å². The molecule has 4 heteroatoms. The molecule has 92 valence electrons. The van der Waals surface area contributed by atoms with Crippen LogP contribution < -0.4 is 0 Å². The Morgan fingerprint density at radius 1 is 1.22 bits per heavy atom. The van der Waals surface area contributed by atoms with Gasteiger partial charge in [-0.05, 0) is 48.4 Å². The van der Waals surface area contributed by atoms with Crippen LogP contribution in [0.25, 0.3) is 11.1 Å². The molecule has 0 atom stereocenters. The Hall–Kier alpha value is -1.87. The minimum atomic E-state index is -1.00. The highest BCUT2D eigenvalue weighted by Crippen LogP contribution is 2.29. The normalized spacial score (nSPS) is 10.4. The fourth-order valence-electron chi connectivity index (χ4n) is 1.79. The van der Waals surface area contributed by atoms with E-state index in [4.69, 9.17) is 16.7 Å². The van der Waals surface area contributed by atoms with Gasteiger partial charge in [0, 0.05) is 5.56 Å². The summed E-state index contributed by atoms with van der Waals surface area (Å²) in [4.78, 5) is 11.0. The second kappa shape index (κ2) is 4.78. The molecule has 0 radical (unpaired) electrons. The highest BCUT2D eigenvalue weighted by molar-refractivity contribution is 6.33. The lowest BCUT2D eigenvalue weighted by Crippen LogP contribution is -1.97. The molecule has 18 heavy (non-hydrogen) atoms. The molecule has 0 aliphatic heterocycles. The van der Waals surface area contributed by atoms with E-state index in [1.54, 1.807) is 13.0 Å². The summed E-state index contributed by atoms with van der Waals surface area (Å²) in [6.07, 6.45) is 0. The molecule has 0 saturated carbocycles. The Kier molecular flexibility index (Phi) is 3.34. The van der Waals surface area contributed by atoms with E-state index < -0.39 is 11.8 Å². The van der Waals surface area contributed by atoms with Crippen molar-refractivity contribution in [3.05, 3.63) is 58.4 Å². The summed E-state index contributed by atoms with van der Waals surface area (Å²) < 4.78 is 13.0. The van der Waals surface area contributed by atoms with Crippen LogP contribution >= 0.6 is 11.6 Å². The third-order valence-electron chi connectivity index (χ3n) is 2.57. The molecule has 0 saturated heterocycles. The van der Waals surface area contributed by atoms with Crippen molar-refractivity contribution < 1.29 is 14.3 Å². The maximum atomic E-state index is 13.0. The first-order valence-electron chi connectivity index (χ1n) is 5.28. The summed E-state index contributed by atoms with van der Waals surface area (Å²) >= 11 is 5.96. The molecule has 2 aromatic carbocycles. The van der Waals surface area contributed by atoms with Gasteiger partial charge in [-0.1, -0.05) is 17.7 Å². The van der Waals surface area contributed by atoms with Crippen molar-refractivity contribution in [3.8, 4) is 11.1 Å². The highest BCUT2D eigenvalue weighted by atomic mass is 35.5. The predicted molar refractivity (Wildman–Crippen MR) is 68.5 cm³/mol. The summed E-state index contributed by atoms with van der Waals surface area (Å²) in [6.45, 7) is 1.80. The second-order valence-electron chi connectivity index (χ2n) is 4.02. The molecule has 0 spiro atoms. The Morgan fingerprint density at radius 2 is 1.94 bits per heavy atom. The van der Waals surface area contributed by atoms with Crippen LogP contribution in [0.2, 0.25) is 5.02 Å². The first-order valence-corrected chi connectivity index (χ1v) is 5.65. The van der Waals surface area contributed by atoms with Crippen molar-refractivity contribution in [2.24, 2.45) is 0 Å². The van der Waals surface area contributed by atoms with Crippen molar-refractivity contribution in [1.29, 1.82) is 0 Å². The summed E-state index contributed by atoms with van der Waals surface area (Å²) in [7, 11) is 0. The standard InChI is InChI=1S/C14H10ClFO2/c1-8-4-9(6-10(5-8)14(17)18)12-3-2-11(16)7-13(12)15/h2-7H,1H3,(H,17,18). The molecule has 1 N–H and O–H groups in total. The van der Waals surface area contributed by atoms with E-state index >= 15 is 0 Å². The van der Waals surface area contributed by atoms with Crippen molar-refractivity contribution in [2.75, 3.05) is 0 Å². The number of rotatable bonds is 2. The molecule has 2 rings (SSSR count). The molecule has 0 fully saturated rings. The molecule has 0 aliphatic carbocycles. The first-order chi connectivity index (χ1) is 8.47. The largest absolute Gasteiger partial charge is 0.478 e. The van der Waals surface area contributed by atoms with Gasteiger partial charge in [-0.3, -0.25) is 0 Å². The zero-order chi connectivity index (χ0) is 13.3. The van der Waals surface area contributed by atoms with E-state index in [-0.39, 0.29) is 10.6 Å². The lowest BCUT2D eigenvalue weighted by Gasteiger charge is -2.07. The van der Waals surface area contributed by atoms with E-state index in [0.717, 1.165) is 5.56 Å². The predicted octanol–water partition coefficient (Wildman–Crippen LogP) is 4.15. The monoisotopic (exact) mass is 264 g/mol. The Labute approximate surface area is 109 Å². The number of hydrogen-bond donors (Lipinski definition) is 1. The quantitative estimate of drug-likeness (QED) is 0.885. The number of hydrogen-bond acceptors (Lipinski definition) is 1. The Balaban J connectivity index is 2.60. The van der Waals surface area contributed by atoms with Crippen LogP contribution in [-0.2, 0) is 0 Å². The smallest absolute Gasteiger partial charge is 0.335 e. The molecule has 0 heterocycles. The SMILES string of the molecule is Cc1cc(C(=O)O)cc(-c2ccc(F)cc2Cl)c1. The van der Waals surface area contributed by atoms with Crippen molar-refractivity contribution in [1.82, 2.24) is 0 Å². The summed E-state index contributed by atoms with van der Waals surface area (Å²) in [5.74, 6) is -1.42. The topological polar surface area (TPSA) is 37.3 Å². The van der Waals surface area contributed by atoms with E-state index in [2.05, 4.69) is 0 Å². The van der Waals surface area contributed by atoms with Crippen LogP contribution in [0, 0.1) is 12.7 Å². The molecular weight excluding hydrogens is 255 g/mol. The fourth-order valence-corrected chi connectivity index (χ4v) is 2.06. The van der Waals surface area contributed by atoms with Crippen LogP contribution in [-0.4, -0.2) is 11.1 Å². The Bertz CT molecular complexity index is 623. The van der Waals surface area contributed by atoms with E-state index in [0.29, 0.717) is 11.1 Å². The average molecular weight is 265 g/mol. The maximum absolute atomic E-state index is 13.0. The van der Waals surface area contributed by atoms with Crippen molar-refractivity contribution in [2.45, 2.75) is 6.92 Å². The van der Waals surface area contributed by atoms with Gasteiger partial charge in [-0.25, -0.2) is 9.18 Å². The number of carboxylic acid groups (broad SMARTS) is 1. The number of benzene rings is 2. The van der Waals surface area contributed by atoms with E-state index in [1.165, 1.54) is 24.3 Å². The average Bonchev–Trinajstić information content (AvgIpc) is 2.27. The summed E-state index contributed by atoms with van der Waals surface area (Å²) in [5, 5.41) is 9.26. The lowest BCUT2D eigenvalue weighted by atomic mass is 10.00. The highest BCUT2D eigenvalue weighted by Gasteiger charge is 2.09. The van der Waals surface area contributed by atoms with Gasteiger partial charge in [0.2, 0.25) is 0 Å². The van der Waals surface area contributed by atoms with Gasteiger partial charge < -0.3 is 5.11 Å². The molecule has 2 aromatic rings. The Morgan fingerprint density at radius 3 is 2.56 bits per heavy atom. The van der Waals surface area contributed by atoms with Crippen molar-refractivity contribution in [3.63, 3.8) is 0 Å². The van der Waals surface area contributed by atoms with Crippen LogP contribution in [0.1, 0.15) is 15.9 Å². The fraction of sp³-hybridized carbons (Fsp3) is 0.0714. The number of carbonyl (C=O) groups is 1. The molecular formula is C14H10ClFO2. The number of aryl methyl sites for hydroxylation is 1. The minimum absolute atomic E-state index is 0.186. The van der Waals surface area contributed by atoms with Gasteiger partial charge in [0.05, 0.1) is 10.6 Å². The first kappa shape index (κ1) is 12.6. The molecule has 0 bridgehead atoms. The maximum Gasteiger partial charge on any atom is 0.335 e. The summed E-state index contributed by atoms with van der Waals surface area (Å²) in [5.41, 5.74) is 2.28. The molecule has 2 nitrogen and oxygen atoms in total. The third kappa shape index (κ3) is 2.51. The van der Waals surface area contributed by atoms with Crippen LogP contribution in [0.15, 0.2) is 36.4 Å². The van der Waals surface area contributed by atoms with Gasteiger partial charge in [-0.2, -0.15) is 0 Å². The van der Waals surface area contributed by atoms with Crippen LogP contribution in [0.4, 0.5) is 4.39 Å². The van der Waals surface area contributed by atoms with Crippen LogP contribution in [0.5, 0.6) is 0 Å². The van der Waals surface area contributed by atoms with Gasteiger partial charge in [-0.15, -0.1) is 0 Å². The van der Waals surface area contributed by atoms with Gasteiger partial charge in [0.1, 0.15) is 5.82 Å². The van der Waals surface area contributed by atoms with Crippen LogP contribution in [0.3, 0.4) is 0 Å². The van der Waals surface area contributed by atoms with E-state index in [9.17, 15) is 9.18 Å². The number of aromatic carboxylic acids is 1. The third-order valence-corrected chi connectivity index (χ3v) is 2.88. The second-order valence-corrected chi connectivity index (χ2v) is 4.42. The zero-order valence-electron chi connectivity index (χ0n) is 9.58. The van der Waals surface area contributed by atoms with Gasteiger partial charge >= 0.3 is 5.97 Å². The molecule has 0 amide bonds. The minimum Gasteiger partial charge on any atom is -0.478 e. The zero-order valence-corrected chi connectivity index (χ0v) is 10.3.